The monoisotopic (exact) mass is 877 g/mol. The molecule has 0 rings (SSSR count). The predicted octanol–water partition coefficient (Wildman–Crippen LogP) is 18.1. The van der Waals surface area contributed by atoms with E-state index in [4.69, 9.17) is 14.2 Å². The summed E-state index contributed by atoms with van der Waals surface area (Å²) in [5.41, 5.74) is 0. The maximum absolute atomic E-state index is 12.8. The van der Waals surface area contributed by atoms with Crippen LogP contribution in [0.15, 0.2) is 0 Å². The third-order valence-corrected chi connectivity index (χ3v) is 13.1. The molecule has 0 aliphatic heterocycles. The first kappa shape index (κ1) is 60.4. The standard InChI is InChI=1S/C56H108O6/c1-6-8-9-10-11-12-13-14-15-16-19-22-25-31-36-41-46-54(57)60-49-53(50-61-55(58)47-42-37-32-28-27-30-35-40-45-52(5)7-2)62-56(59)48-43-38-33-26-23-20-17-18-21-24-29-34-39-44-51(3)4/h51-53H,6-50H2,1-5H3/t52?,53-/m0/s1. The van der Waals surface area contributed by atoms with Crippen molar-refractivity contribution in [1.82, 2.24) is 0 Å². The molecule has 6 heteroatoms. The molecule has 0 spiro atoms. The van der Waals surface area contributed by atoms with E-state index in [0.717, 1.165) is 69.6 Å². The molecule has 0 radical (unpaired) electrons. The summed E-state index contributed by atoms with van der Waals surface area (Å²) < 4.78 is 16.9. The van der Waals surface area contributed by atoms with Gasteiger partial charge in [-0.3, -0.25) is 14.4 Å². The number of carbonyl (C=O) groups is 3. The molecule has 0 amide bonds. The van der Waals surface area contributed by atoms with Crippen LogP contribution in [0.2, 0.25) is 0 Å². The molecule has 0 fully saturated rings. The molecule has 0 N–H and O–H groups in total. The smallest absolute Gasteiger partial charge is 0.306 e. The molecular weight excluding hydrogens is 769 g/mol. The van der Waals surface area contributed by atoms with E-state index in [1.165, 1.54) is 199 Å². The van der Waals surface area contributed by atoms with Gasteiger partial charge >= 0.3 is 17.9 Å². The van der Waals surface area contributed by atoms with Crippen molar-refractivity contribution in [1.29, 1.82) is 0 Å². The van der Waals surface area contributed by atoms with Gasteiger partial charge in [0.2, 0.25) is 0 Å². The molecule has 6 nitrogen and oxygen atoms in total. The zero-order valence-electron chi connectivity index (χ0n) is 42.5. The summed E-state index contributed by atoms with van der Waals surface area (Å²) in [5.74, 6) is 0.842. The summed E-state index contributed by atoms with van der Waals surface area (Å²) in [4.78, 5) is 38.1. The SMILES string of the molecule is CCCCCCCCCCCCCCCCCCC(=O)OC[C@@H](COC(=O)CCCCCCCCCCC(C)CC)OC(=O)CCCCCCCCCCCCCCCC(C)C. The summed E-state index contributed by atoms with van der Waals surface area (Å²) in [6, 6.07) is 0. The van der Waals surface area contributed by atoms with Gasteiger partial charge in [0.25, 0.3) is 0 Å². The van der Waals surface area contributed by atoms with Crippen LogP contribution in [0.1, 0.15) is 311 Å². The summed E-state index contributed by atoms with van der Waals surface area (Å²) in [6.07, 6.45) is 50.8. The fourth-order valence-electron chi connectivity index (χ4n) is 8.49. The van der Waals surface area contributed by atoms with Crippen LogP contribution < -0.4 is 0 Å². The molecule has 0 aliphatic rings. The van der Waals surface area contributed by atoms with E-state index in [9.17, 15) is 14.4 Å². The highest BCUT2D eigenvalue weighted by Gasteiger charge is 2.19. The zero-order valence-corrected chi connectivity index (χ0v) is 42.5. The van der Waals surface area contributed by atoms with Crippen molar-refractivity contribution in [3.8, 4) is 0 Å². The van der Waals surface area contributed by atoms with Crippen molar-refractivity contribution < 1.29 is 28.6 Å². The van der Waals surface area contributed by atoms with E-state index in [-0.39, 0.29) is 31.1 Å². The van der Waals surface area contributed by atoms with Gasteiger partial charge in [-0.2, -0.15) is 0 Å². The molecule has 0 heterocycles. The molecule has 0 aromatic rings. The highest BCUT2D eigenvalue weighted by Crippen LogP contribution is 2.18. The molecule has 62 heavy (non-hydrogen) atoms. The van der Waals surface area contributed by atoms with Gasteiger partial charge in [0.1, 0.15) is 13.2 Å². The number of hydrogen-bond acceptors (Lipinski definition) is 6. The Morgan fingerprint density at radius 3 is 0.919 bits per heavy atom. The largest absolute Gasteiger partial charge is 0.462 e. The van der Waals surface area contributed by atoms with Gasteiger partial charge < -0.3 is 14.2 Å². The molecule has 368 valence electrons. The molecule has 0 bridgehead atoms. The zero-order chi connectivity index (χ0) is 45.4. The van der Waals surface area contributed by atoms with Crippen molar-refractivity contribution >= 4 is 17.9 Å². The van der Waals surface area contributed by atoms with E-state index in [1.54, 1.807) is 0 Å². The van der Waals surface area contributed by atoms with Crippen LogP contribution in [-0.4, -0.2) is 37.2 Å². The van der Waals surface area contributed by atoms with E-state index in [1.807, 2.05) is 0 Å². The van der Waals surface area contributed by atoms with Crippen LogP contribution in [0.25, 0.3) is 0 Å². The maximum atomic E-state index is 12.8. The van der Waals surface area contributed by atoms with Crippen LogP contribution in [0.3, 0.4) is 0 Å². The molecule has 0 aromatic carbocycles. The molecule has 0 saturated heterocycles. The van der Waals surface area contributed by atoms with E-state index < -0.39 is 6.10 Å². The van der Waals surface area contributed by atoms with Crippen molar-refractivity contribution in [2.24, 2.45) is 11.8 Å². The van der Waals surface area contributed by atoms with E-state index in [2.05, 4.69) is 34.6 Å². The highest BCUT2D eigenvalue weighted by atomic mass is 16.6. The lowest BCUT2D eigenvalue weighted by atomic mass is 9.99. The summed E-state index contributed by atoms with van der Waals surface area (Å²) >= 11 is 0. The number of ether oxygens (including phenoxy) is 3. The van der Waals surface area contributed by atoms with Crippen LogP contribution in [-0.2, 0) is 28.6 Å². The van der Waals surface area contributed by atoms with Crippen molar-refractivity contribution in [3.63, 3.8) is 0 Å². The lowest BCUT2D eigenvalue weighted by molar-refractivity contribution is -0.167. The third-order valence-electron chi connectivity index (χ3n) is 13.1. The number of rotatable bonds is 50. The molecule has 2 atom stereocenters. The number of esters is 3. The Labute approximate surface area is 387 Å². The minimum atomic E-state index is -0.762. The van der Waals surface area contributed by atoms with Crippen LogP contribution >= 0.6 is 0 Å². The average molecular weight is 877 g/mol. The van der Waals surface area contributed by atoms with Crippen LogP contribution in [0, 0.1) is 11.8 Å². The van der Waals surface area contributed by atoms with Crippen LogP contribution in [0.5, 0.6) is 0 Å². The summed E-state index contributed by atoms with van der Waals surface area (Å²) in [7, 11) is 0. The Morgan fingerprint density at radius 1 is 0.339 bits per heavy atom. The fraction of sp³-hybridized carbons (Fsp3) is 0.946. The minimum Gasteiger partial charge on any atom is -0.462 e. The average Bonchev–Trinajstić information content (AvgIpc) is 3.26. The van der Waals surface area contributed by atoms with Gasteiger partial charge in [-0.25, -0.2) is 0 Å². The number of carbonyl (C=O) groups excluding carboxylic acids is 3. The first-order valence-corrected chi connectivity index (χ1v) is 27.8. The van der Waals surface area contributed by atoms with Gasteiger partial charge in [0, 0.05) is 19.3 Å². The second kappa shape index (κ2) is 48.9. The fourth-order valence-corrected chi connectivity index (χ4v) is 8.49. The minimum absolute atomic E-state index is 0.0633. The van der Waals surface area contributed by atoms with Crippen molar-refractivity contribution in [2.45, 2.75) is 317 Å². The number of unbranched alkanes of at least 4 members (excludes halogenated alkanes) is 34. The van der Waals surface area contributed by atoms with E-state index in [0.29, 0.717) is 19.3 Å². The Balaban J connectivity index is 4.30. The van der Waals surface area contributed by atoms with E-state index >= 15 is 0 Å². The van der Waals surface area contributed by atoms with Crippen molar-refractivity contribution in [2.75, 3.05) is 13.2 Å². The molecular formula is C56H108O6. The second-order valence-electron chi connectivity index (χ2n) is 19.9. The molecule has 1 unspecified atom stereocenters. The van der Waals surface area contributed by atoms with Crippen LogP contribution in [0.4, 0.5) is 0 Å². The first-order valence-electron chi connectivity index (χ1n) is 27.8. The highest BCUT2D eigenvalue weighted by molar-refractivity contribution is 5.71. The van der Waals surface area contributed by atoms with Gasteiger partial charge in [-0.15, -0.1) is 0 Å². The Hall–Kier alpha value is -1.59. The number of hydrogen-bond donors (Lipinski definition) is 0. The lowest BCUT2D eigenvalue weighted by Gasteiger charge is -2.18. The normalized spacial score (nSPS) is 12.5. The Kier molecular flexibility index (Phi) is 47.6. The molecule has 0 aromatic heterocycles. The van der Waals surface area contributed by atoms with Crippen molar-refractivity contribution in [3.05, 3.63) is 0 Å². The van der Waals surface area contributed by atoms with Gasteiger partial charge in [0.15, 0.2) is 6.10 Å². The quantitative estimate of drug-likeness (QED) is 0.0344. The molecule has 0 saturated carbocycles. The van der Waals surface area contributed by atoms with Gasteiger partial charge in [0.05, 0.1) is 0 Å². The maximum Gasteiger partial charge on any atom is 0.306 e. The van der Waals surface area contributed by atoms with Gasteiger partial charge in [-0.05, 0) is 31.1 Å². The Morgan fingerprint density at radius 2 is 0.613 bits per heavy atom. The topological polar surface area (TPSA) is 78.9 Å². The Bertz CT molecular complexity index is 949. The summed E-state index contributed by atoms with van der Waals surface area (Å²) in [6.45, 7) is 11.4. The van der Waals surface area contributed by atoms with Gasteiger partial charge in [-0.1, -0.05) is 272 Å². The predicted molar refractivity (Wildman–Crippen MR) is 266 cm³/mol. The summed E-state index contributed by atoms with van der Waals surface area (Å²) in [5, 5.41) is 0. The third kappa shape index (κ3) is 47.9. The first-order chi connectivity index (χ1) is 30.3. The lowest BCUT2D eigenvalue weighted by Crippen LogP contribution is -2.30. The second-order valence-corrected chi connectivity index (χ2v) is 19.9. The molecule has 0 aliphatic carbocycles.